The Kier molecular flexibility index (Phi) is 3.22. The molecule has 0 radical (unpaired) electrons. The van der Waals surface area contributed by atoms with E-state index in [0.29, 0.717) is 19.4 Å². The summed E-state index contributed by atoms with van der Waals surface area (Å²) in [4.78, 5) is 22.7. The monoisotopic (exact) mass is 252 g/mol. The summed E-state index contributed by atoms with van der Waals surface area (Å²) in [6, 6.07) is -0.457. The largest absolute Gasteiger partial charge is 0.480 e. The maximum atomic E-state index is 11.6. The Hall–Kier alpha value is -2.05. The molecule has 0 saturated heterocycles. The molecule has 1 saturated carbocycles. The smallest absolute Gasteiger partial charge is 0.329 e. The third-order valence-electron chi connectivity index (χ3n) is 3.18. The Morgan fingerprint density at radius 2 is 2.28 bits per heavy atom. The summed E-state index contributed by atoms with van der Waals surface area (Å²) in [5.41, 5.74) is -0.204. The van der Waals surface area contributed by atoms with E-state index in [4.69, 9.17) is 5.11 Å². The molecule has 2 rings (SSSR count). The zero-order valence-electron chi connectivity index (χ0n) is 10.1. The number of aromatic nitrogens is 2. The molecule has 0 aromatic carbocycles. The van der Waals surface area contributed by atoms with E-state index in [0.717, 1.165) is 12.0 Å². The Labute approximate surface area is 104 Å². The topological polar surface area (TPSA) is 96.2 Å². The summed E-state index contributed by atoms with van der Waals surface area (Å²) < 4.78 is 1.64. The van der Waals surface area contributed by atoms with Crippen LogP contribution in [0.1, 0.15) is 24.8 Å². The zero-order valence-corrected chi connectivity index (χ0v) is 10.1. The van der Waals surface area contributed by atoms with Gasteiger partial charge in [-0.2, -0.15) is 5.10 Å². The van der Waals surface area contributed by atoms with Crippen LogP contribution in [-0.4, -0.2) is 32.4 Å². The summed E-state index contributed by atoms with van der Waals surface area (Å²) in [6.07, 6.45) is 5.24. The molecule has 0 aliphatic heterocycles. The molecule has 7 nitrogen and oxygen atoms in total. The second-order valence-electron chi connectivity index (χ2n) is 4.57. The van der Waals surface area contributed by atoms with E-state index in [1.54, 1.807) is 24.1 Å². The average Bonchev–Trinajstić information content (AvgIpc) is 2.66. The van der Waals surface area contributed by atoms with Gasteiger partial charge in [0.2, 0.25) is 0 Å². The van der Waals surface area contributed by atoms with Crippen molar-refractivity contribution in [2.24, 2.45) is 7.05 Å². The maximum Gasteiger partial charge on any atom is 0.329 e. The molecule has 7 heteroatoms. The maximum absolute atomic E-state index is 11.6. The molecule has 98 valence electrons. The van der Waals surface area contributed by atoms with Gasteiger partial charge in [0.05, 0.1) is 6.20 Å². The molecule has 1 aromatic heterocycles. The van der Waals surface area contributed by atoms with Crippen molar-refractivity contribution in [2.75, 3.05) is 0 Å². The number of carbonyl (C=O) groups excluding carboxylic acids is 1. The van der Waals surface area contributed by atoms with Gasteiger partial charge in [0.25, 0.3) is 0 Å². The summed E-state index contributed by atoms with van der Waals surface area (Å²) in [6.45, 7) is 0.329. The van der Waals surface area contributed by atoms with Gasteiger partial charge in [0.15, 0.2) is 0 Å². The fourth-order valence-electron chi connectivity index (χ4n) is 1.93. The standard InChI is InChI=1S/C11H16N4O3/c1-15-7-8(6-13-15)5-12-10(18)14-11(9(16)17)3-2-4-11/h6-7H,2-5H2,1H3,(H,16,17)(H2,12,14,18). The summed E-state index contributed by atoms with van der Waals surface area (Å²) in [7, 11) is 1.79. The predicted octanol–water partition coefficient (Wildman–Crippen LogP) is 0.227. The number of aliphatic carboxylic acids is 1. The third kappa shape index (κ3) is 2.44. The van der Waals surface area contributed by atoms with Crippen molar-refractivity contribution >= 4 is 12.0 Å². The van der Waals surface area contributed by atoms with Crippen LogP contribution in [0.15, 0.2) is 12.4 Å². The molecule has 1 aromatic rings. The number of hydrogen-bond acceptors (Lipinski definition) is 3. The number of amides is 2. The van der Waals surface area contributed by atoms with Crippen molar-refractivity contribution in [1.29, 1.82) is 0 Å². The Morgan fingerprint density at radius 1 is 1.56 bits per heavy atom. The predicted molar refractivity (Wildman–Crippen MR) is 62.8 cm³/mol. The van der Waals surface area contributed by atoms with Gasteiger partial charge in [-0.1, -0.05) is 0 Å². The van der Waals surface area contributed by atoms with Crippen molar-refractivity contribution in [3.63, 3.8) is 0 Å². The van der Waals surface area contributed by atoms with E-state index < -0.39 is 17.5 Å². The number of nitrogens with one attached hydrogen (secondary N) is 2. The Morgan fingerprint density at radius 3 is 2.72 bits per heavy atom. The normalized spacial score (nSPS) is 16.7. The van der Waals surface area contributed by atoms with Crippen LogP contribution in [0.2, 0.25) is 0 Å². The number of carboxylic acid groups (broad SMARTS) is 1. The number of aryl methyl sites for hydroxylation is 1. The first-order valence-corrected chi connectivity index (χ1v) is 5.79. The van der Waals surface area contributed by atoms with Crippen LogP contribution in [0.3, 0.4) is 0 Å². The lowest BCUT2D eigenvalue weighted by atomic mass is 9.77. The molecule has 1 heterocycles. The summed E-state index contributed by atoms with van der Waals surface area (Å²) >= 11 is 0. The molecule has 2 amide bonds. The lowest BCUT2D eigenvalue weighted by molar-refractivity contribution is -0.148. The third-order valence-corrected chi connectivity index (χ3v) is 3.18. The van der Waals surface area contributed by atoms with E-state index in [2.05, 4.69) is 15.7 Å². The molecule has 18 heavy (non-hydrogen) atoms. The minimum absolute atomic E-state index is 0.329. The molecule has 0 atom stereocenters. The van der Waals surface area contributed by atoms with Crippen molar-refractivity contribution in [2.45, 2.75) is 31.3 Å². The first kappa shape index (κ1) is 12.4. The summed E-state index contributed by atoms with van der Waals surface area (Å²) in [5.74, 6) is -0.967. The molecule has 0 unspecified atom stereocenters. The summed E-state index contributed by atoms with van der Waals surface area (Å²) in [5, 5.41) is 18.2. The molecule has 1 fully saturated rings. The van der Waals surface area contributed by atoms with Gasteiger partial charge in [-0.05, 0) is 19.3 Å². The molecule has 0 bridgehead atoms. The van der Waals surface area contributed by atoms with Gasteiger partial charge in [-0.25, -0.2) is 9.59 Å². The minimum atomic E-state index is -1.07. The van der Waals surface area contributed by atoms with E-state index in [-0.39, 0.29) is 0 Å². The fourth-order valence-corrected chi connectivity index (χ4v) is 1.93. The highest BCUT2D eigenvalue weighted by Gasteiger charge is 2.45. The number of nitrogens with zero attached hydrogens (tertiary/aromatic N) is 2. The van der Waals surface area contributed by atoms with E-state index in [1.807, 2.05) is 0 Å². The highest BCUT2D eigenvalue weighted by molar-refractivity contribution is 5.87. The quantitative estimate of drug-likeness (QED) is 0.714. The average molecular weight is 252 g/mol. The van der Waals surface area contributed by atoms with Gasteiger partial charge in [-0.3, -0.25) is 4.68 Å². The molecule has 0 spiro atoms. The van der Waals surface area contributed by atoms with Crippen molar-refractivity contribution < 1.29 is 14.7 Å². The molecule has 1 aliphatic carbocycles. The highest BCUT2D eigenvalue weighted by atomic mass is 16.4. The second-order valence-corrected chi connectivity index (χ2v) is 4.57. The molecular weight excluding hydrogens is 236 g/mol. The molecule has 3 N–H and O–H groups in total. The lowest BCUT2D eigenvalue weighted by Gasteiger charge is -2.38. The zero-order chi connectivity index (χ0) is 13.2. The number of rotatable bonds is 4. The van der Waals surface area contributed by atoms with Crippen LogP contribution < -0.4 is 10.6 Å². The Balaban J connectivity index is 1.83. The van der Waals surface area contributed by atoms with Gasteiger partial charge >= 0.3 is 12.0 Å². The Bertz CT molecular complexity index is 465. The lowest BCUT2D eigenvalue weighted by Crippen LogP contribution is -2.61. The van der Waals surface area contributed by atoms with Gasteiger partial charge in [-0.15, -0.1) is 0 Å². The van der Waals surface area contributed by atoms with Crippen LogP contribution in [0.25, 0.3) is 0 Å². The van der Waals surface area contributed by atoms with E-state index in [9.17, 15) is 9.59 Å². The van der Waals surface area contributed by atoms with Crippen molar-refractivity contribution in [3.05, 3.63) is 18.0 Å². The van der Waals surface area contributed by atoms with E-state index >= 15 is 0 Å². The number of carbonyl (C=O) groups is 2. The number of hydrogen-bond donors (Lipinski definition) is 3. The number of urea groups is 1. The van der Waals surface area contributed by atoms with Crippen LogP contribution in [0, 0.1) is 0 Å². The first-order valence-electron chi connectivity index (χ1n) is 5.79. The SMILES string of the molecule is Cn1cc(CNC(=O)NC2(C(=O)O)CCC2)cn1. The van der Waals surface area contributed by atoms with E-state index in [1.165, 1.54) is 0 Å². The van der Waals surface area contributed by atoms with Crippen molar-refractivity contribution in [1.82, 2.24) is 20.4 Å². The molecule has 1 aliphatic rings. The fraction of sp³-hybridized carbons (Fsp3) is 0.545. The van der Waals surface area contributed by atoms with Gasteiger partial charge in [0, 0.05) is 25.4 Å². The molecular formula is C11H16N4O3. The van der Waals surface area contributed by atoms with Crippen molar-refractivity contribution in [3.8, 4) is 0 Å². The highest BCUT2D eigenvalue weighted by Crippen LogP contribution is 2.31. The first-order chi connectivity index (χ1) is 8.52. The van der Waals surface area contributed by atoms with Crippen LogP contribution in [-0.2, 0) is 18.4 Å². The van der Waals surface area contributed by atoms with Gasteiger partial charge in [0.1, 0.15) is 5.54 Å². The van der Waals surface area contributed by atoms with Gasteiger partial charge < -0.3 is 15.7 Å². The number of carboxylic acids is 1. The second kappa shape index (κ2) is 4.67. The minimum Gasteiger partial charge on any atom is -0.480 e. The van der Waals surface area contributed by atoms with Crippen LogP contribution in [0.5, 0.6) is 0 Å². The van der Waals surface area contributed by atoms with Crippen LogP contribution >= 0.6 is 0 Å². The van der Waals surface area contributed by atoms with Crippen LogP contribution in [0.4, 0.5) is 4.79 Å².